The van der Waals surface area contributed by atoms with Gasteiger partial charge in [-0.25, -0.2) is 14.2 Å². The van der Waals surface area contributed by atoms with Gasteiger partial charge in [0.15, 0.2) is 0 Å². The Morgan fingerprint density at radius 2 is 1.95 bits per heavy atom. The van der Waals surface area contributed by atoms with Crippen LogP contribution in [-0.4, -0.2) is 51.9 Å². The van der Waals surface area contributed by atoms with E-state index >= 15 is 0 Å². The summed E-state index contributed by atoms with van der Waals surface area (Å²) in [7, 11) is 1.45. The van der Waals surface area contributed by atoms with Gasteiger partial charge in [-0.3, -0.25) is 4.90 Å². The smallest absolute Gasteiger partial charge is 0.419 e. The molecule has 0 spiro atoms. The summed E-state index contributed by atoms with van der Waals surface area (Å²) in [5, 5.41) is 9.82. The molecule has 3 heterocycles. The molecule has 0 amide bonds. The van der Waals surface area contributed by atoms with Crippen LogP contribution in [0.3, 0.4) is 0 Å². The summed E-state index contributed by atoms with van der Waals surface area (Å²) in [4.78, 5) is 18.7. The molecular formula is C31H28ClF4N3O5. The van der Waals surface area contributed by atoms with Crippen LogP contribution in [0.25, 0.3) is 11.0 Å². The Balaban J connectivity index is 1.30. The lowest BCUT2D eigenvalue weighted by Gasteiger charge is -2.31. The molecule has 13 heteroatoms. The van der Waals surface area contributed by atoms with Crippen molar-refractivity contribution in [3.8, 4) is 11.5 Å². The molecule has 44 heavy (non-hydrogen) atoms. The summed E-state index contributed by atoms with van der Waals surface area (Å²) in [5.74, 6) is -1.16. The lowest BCUT2D eigenvalue weighted by Crippen LogP contribution is -2.34. The number of fused-ring (bicyclic) bond motifs is 2. The predicted molar refractivity (Wildman–Crippen MR) is 153 cm³/mol. The van der Waals surface area contributed by atoms with Crippen molar-refractivity contribution < 1.29 is 41.7 Å². The minimum absolute atomic E-state index is 0.0429. The number of hydrogen-bond donors (Lipinski definition) is 1. The van der Waals surface area contributed by atoms with Gasteiger partial charge in [0, 0.05) is 30.3 Å². The standard InChI is InChI=1S/C31H28ClF4N3O5/c1-42-27-10-19(30(40)41)9-25-29(27)37-28(39(25)14-22-5-7-43-22)15-38-6-4-17-8-23(31(34,35)36)26(11-20(17)13-38)44-16-18-2-3-21(32)12-24(18)33/h2-3,8-12,22H,4-7,13-16H2,1H3,(H,40,41)/t22-/m0/s1. The quantitative estimate of drug-likeness (QED) is 0.211. The zero-order valence-corrected chi connectivity index (χ0v) is 24.3. The summed E-state index contributed by atoms with van der Waals surface area (Å²) in [6.07, 6.45) is -3.49. The van der Waals surface area contributed by atoms with Gasteiger partial charge in [0.2, 0.25) is 0 Å². The highest BCUT2D eigenvalue weighted by Gasteiger charge is 2.36. The van der Waals surface area contributed by atoms with Crippen LogP contribution in [0.2, 0.25) is 5.02 Å². The van der Waals surface area contributed by atoms with Crippen molar-refractivity contribution in [1.82, 2.24) is 14.5 Å². The highest BCUT2D eigenvalue weighted by Crippen LogP contribution is 2.40. The first-order valence-electron chi connectivity index (χ1n) is 13.9. The maximum Gasteiger partial charge on any atom is 0.419 e. The van der Waals surface area contributed by atoms with Crippen molar-refractivity contribution in [3.63, 3.8) is 0 Å². The molecule has 232 valence electrons. The monoisotopic (exact) mass is 633 g/mol. The van der Waals surface area contributed by atoms with E-state index in [1.807, 2.05) is 4.57 Å². The number of aromatic nitrogens is 2. The van der Waals surface area contributed by atoms with Crippen molar-refractivity contribution in [2.45, 2.75) is 51.4 Å². The second-order valence-corrected chi connectivity index (χ2v) is 11.3. The van der Waals surface area contributed by atoms with Crippen LogP contribution >= 0.6 is 11.6 Å². The van der Waals surface area contributed by atoms with E-state index in [9.17, 15) is 27.5 Å². The molecule has 0 aliphatic carbocycles. The van der Waals surface area contributed by atoms with Crippen molar-refractivity contribution in [3.05, 3.63) is 86.9 Å². The number of methoxy groups -OCH3 is 1. The lowest BCUT2D eigenvalue weighted by atomic mass is 9.96. The van der Waals surface area contributed by atoms with Crippen molar-refractivity contribution in [2.24, 2.45) is 0 Å². The largest absolute Gasteiger partial charge is 0.494 e. The Kier molecular flexibility index (Phi) is 8.16. The molecule has 1 atom stereocenters. The van der Waals surface area contributed by atoms with Gasteiger partial charge in [-0.2, -0.15) is 13.2 Å². The third kappa shape index (κ3) is 6.06. The molecule has 2 aliphatic heterocycles. The number of carbonyl (C=O) groups is 1. The first-order chi connectivity index (χ1) is 21.0. The normalized spacial score (nSPS) is 16.9. The number of ether oxygens (including phenoxy) is 3. The number of carboxylic acids is 1. The molecule has 8 nitrogen and oxygen atoms in total. The Morgan fingerprint density at radius 1 is 1.16 bits per heavy atom. The van der Waals surface area contributed by atoms with E-state index in [1.165, 1.54) is 31.4 Å². The number of carboxylic acid groups (broad SMARTS) is 1. The minimum atomic E-state index is -4.66. The number of imidazole rings is 1. The number of alkyl halides is 3. The van der Waals surface area contributed by atoms with Gasteiger partial charge in [-0.05, 0) is 60.4 Å². The number of halogens is 5. The highest BCUT2D eigenvalue weighted by molar-refractivity contribution is 6.30. The topological polar surface area (TPSA) is 86.0 Å². The number of benzene rings is 3. The summed E-state index contributed by atoms with van der Waals surface area (Å²) in [6.45, 7) is 1.85. The van der Waals surface area contributed by atoms with E-state index in [1.54, 1.807) is 6.07 Å². The first kappa shape index (κ1) is 30.2. The SMILES string of the molecule is COc1cc(C(=O)O)cc2c1nc(CN1CCc3cc(C(F)(F)F)c(OCc4ccc(Cl)cc4F)cc3C1)n2C[C@@H]1CCO1. The Labute approximate surface area is 254 Å². The number of aromatic carboxylic acids is 1. The fourth-order valence-corrected chi connectivity index (χ4v) is 5.75. The number of nitrogens with zero attached hydrogens (tertiary/aromatic N) is 3. The molecule has 6 rings (SSSR count). The van der Waals surface area contributed by atoms with E-state index in [0.717, 1.165) is 18.6 Å². The summed E-state index contributed by atoms with van der Waals surface area (Å²) >= 11 is 5.80. The second-order valence-electron chi connectivity index (χ2n) is 10.9. The van der Waals surface area contributed by atoms with Crippen LogP contribution in [0.15, 0.2) is 42.5 Å². The number of hydrogen-bond acceptors (Lipinski definition) is 6. The molecule has 1 saturated heterocycles. The van der Waals surface area contributed by atoms with Gasteiger partial charge in [0.25, 0.3) is 0 Å². The Bertz CT molecular complexity index is 1740. The third-order valence-electron chi connectivity index (χ3n) is 8.01. The maximum absolute atomic E-state index is 14.3. The van der Waals surface area contributed by atoms with Gasteiger partial charge in [0.1, 0.15) is 35.3 Å². The molecule has 4 aromatic rings. The second kappa shape index (κ2) is 11.9. The lowest BCUT2D eigenvalue weighted by molar-refractivity contribution is -0.139. The molecule has 3 aromatic carbocycles. The highest BCUT2D eigenvalue weighted by atomic mass is 35.5. The minimum Gasteiger partial charge on any atom is -0.494 e. The maximum atomic E-state index is 14.3. The van der Waals surface area contributed by atoms with Crippen LogP contribution in [0.5, 0.6) is 11.5 Å². The van der Waals surface area contributed by atoms with E-state index in [4.69, 9.17) is 30.8 Å². The van der Waals surface area contributed by atoms with E-state index in [2.05, 4.69) is 4.90 Å². The van der Waals surface area contributed by atoms with Gasteiger partial charge in [0.05, 0.1) is 42.9 Å². The van der Waals surface area contributed by atoms with Gasteiger partial charge >= 0.3 is 12.1 Å². The summed E-state index contributed by atoms with van der Waals surface area (Å²) in [5.41, 5.74) is 1.57. The van der Waals surface area contributed by atoms with Crippen LogP contribution in [-0.2, 0) is 43.6 Å². The fourth-order valence-electron chi connectivity index (χ4n) is 5.59. The van der Waals surface area contributed by atoms with Gasteiger partial charge < -0.3 is 23.9 Å². The Hall–Kier alpha value is -3.87. The molecule has 0 unspecified atom stereocenters. The van der Waals surface area contributed by atoms with Crippen molar-refractivity contribution >= 4 is 28.6 Å². The zero-order chi connectivity index (χ0) is 31.2. The molecule has 0 bridgehead atoms. The average molecular weight is 634 g/mol. The predicted octanol–water partition coefficient (Wildman–Crippen LogP) is 6.48. The van der Waals surface area contributed by atoms with E-state index < -0.39 is 30.1 Å². The summed E-state index contributed by atoms with van der Waals surface area (Å²) in [6, 6.07) is 9.39. The zero-order valence-electron chi connectivity index (χ0n) is 23.6. The van der Waals surface area contributed by atoms with Crippen molar-refractivity contribution in [1.29, 1.82) is 0 Å². The van der Waals surface area contributed by atoms with Gasteiger partial charge in [-0.1, -0.05) is 17.7 Å². The molecule has 1 N–H and O–H groups in total. The fraction of sp³-hybridized carbons (Fsp3) is 0.355. The first-order valence-corrected chi connectivity index (χ1v) is 14.3. The van der Waals surface area contributed by atoms with E-state index in [-0.39, 0.29) is 28.0 Å². The Morgan fingerprint density at radius 3 is 2.61 bits per heavy atom. The molecule has 0 radical (unpaired) electrons. The summed E-state index contributed by atoms with van der Waals surface area (Å²) < 4.78 is 75.0. The van der Waals surface area contributed by atoms with Gasteiger partial charge in [-0.15, -0.1) is 0 Å². The van der Waals surface area contributed by atoms with Crippen LogP contribution < -0.4 is 9.47 Å². The van der Waals surface area contributed by atoms with E-state index in [0.29, 0.717) is 72.9 Å². The van der Waals surface area contributed by atoms with Crippen molar-refractivity contribution in [2.75, 3.05) is 20.3 Å². The third-order valence-corrected chi connectivity index (χ3v) is 8.24. The molecular weight excluding hydrogens is 606 g/mol. The molecule has 1 fully saturated rings. The van der Waals surface area contributed by atoms with Crippen LogP contribution in [0.1, 0.15) is 44.9 Å². The molecule has 2 aliphatic rings. The number of rotatable bonds is 9. The van der Waals surface area contributed by atoms with Crippen LogP contribution in [0, 0.1) is 5.82 Å². The average Bonchev–Trinajstić information content (AvgIpc) is 3.29. The molecule has 1 aromatic heterocycles. The van der Waals surface area contributed by atoms with Crippen LogP contribution in [0.4, 0.5) is 17.6 Å². The molecule has 0 saturated carbocycles.